The molecule has 2 aliphatic heterocycles. The molecule has 7 heteroatoms. The molecule has 0 aromatic carbocycles. The van der Waals surface area contributed by atoms with E-state index in [1.807, 2.05) is 18.5 Å². The van der Waals surface area contributed by atoms with Crippen molar-refractivity contribution in [2.45, 2.75) is 37.5 Å². The summed E-state index contributed by atoms with van der Waals surface area (Å²) in [7, 11) is 0. The minimum atomic E-state index is -0.719. The highest BCUT2D eigenvalue weighted by Crippen LogP contribution is 2.34. The molecule has 2 aliphatic rings. The van der Waals surface area contributed by atoms with Crippen LogP contribution in [-0.4, -0.2) is 47.3 Å². The molecule has 1 aromatic rings. The maximum Gasteiger partial charge on any atom is 0.281 e. The van der Waals surface area contributed by atoms with Crippen LogP contribution < -0.4 is 10.2 Å². The van der Waals surface area contributed by atoms with Crippen molar-refractivity contribution in [3.05, 3.63) is 17.3 Å². The molecule has 3 heterocycles. The van der Waals surface area contributed by atoms with Gasteiger partial charge in [-0.15, -0.1) is 0 Å². The molecule has 0 spiro atoms. The van der Waals surface area contributed by atoms with E-state index >= 15 is 0 Å². The fraction of sp³-hybridized carbons (Fsp3) is 0.600. The monoisotopic (exact) mass is 325 g/mol. The van der Waals surface area contributed by atoms with Gasteiger partial charge in [0.2, 0.25) is 0 Å². The highest BCUT2D eigenvalue weighted by molar-refractivity contribution is 7.78. The number of aliphatic hydroxyl groups excluding tert-OH is 1. The molecule has 0 aliphatic carbocycles. The van der Waals surface area contributed by atoms with E-state index < -0.39 is 12.3 Å². The lowest BCUT2D eigenvalue weighted by Crippen LogP contribution is -2.36. The Kier molecular flexibility index (Phi) is 4.54. The Morgan fingerprint density at radius 2 is 2.18 bits per heavy atom. The smallest absolute Gasteiger partial charge is 0.281 e. The van der Waals surface area contributed by atoms with Gasteiger partial charge in [0.05, 0.1) is 23.7 Å². The van der Waals surface area contributed by atoms with Crippen molar-refractivity contribution in [1.29, 1.82) is 0 Å². The van der Waals surface area contributed by atoms with Gasteiger partial charge in [0.25, 0.3) is 5.50 Å². The number of alkyl halides is 1. The van der Waals surface area contributed by atoms with Gasteiger partial charge in [-0.3, -0.25) is 0 Å². The zero-order valence-corrected chi connectivity index (χ0v) is 13.7. The Morgan fingerprint density at radius 3 is 2.82 bits per heavy atom. The maximum absolute atomic E-state index is 13.4. The zero-order valence-electron chi connectivity index (χ0n) is 12.8. The van der Waals surface area contributed by atoms with E-state index in [1.165, 1.54) is 0 Å². The van der Waals surface area contributed by atoms with Crippen LogP contribution >= 0.6 is 0 Å². The van der Waals surface area contributed by atoms with Gasteiger partial charge in [0.1, 0.15) is 6.17 Å². The van der Waals surface area contributed by atoms with E-state index in [9.17, 15) is 9.50 Å². The Balaban J connectivity index is 2.00. The van der Waals surface area contributed by atoms with Crippen LogP contribution in [0, 0.1) is 0 Å². The number of nitrogens with one attached hydrogen (secondary N) is 1. The first kappa shape index (κ1) is 15.6. The Labute approximate surface area is 134 Å². The number of thiol groups is 1. The summed E-state index contributed by atoms with van der Waals surface area (Å²) in [5.74, 6) is 0.806. The third-order valence-electron chi connectivity index (χ3n) is 4.08. The number of hydrogen-bond acceptors (Lipinski definition) is 5. The van der Waals surface area contributed by atoms with Crippen LogP contribution in [0.25, 0.3) is 0 Å². The summed E-state index contributed by atoms with van der Waals surface area (Å²) >= 11 is 1.13. The molecular formula is C15H22FN4OS+. The second kappa shape index (κ2) is 6.42. The summed E-state index contributed by atoms with van der Waals surface area (Å²) in [5, 5.41) is 13.3. The van der Waals surface area contributed by atoms with E-state index in [4.69, 9.17) is 0 Å². The van der Waals surface area contributed by atoms with Crippen LogP contribution in [0.1, 0.15) is 37.1 Å². The molecule has 0 amide bonds. The topological polar surface area (TPSA) is 60.8 Å². The van der Waals surface area contributed by atoms with Crippen molar-refractivity contribution in [3.63, 3.8) is 0 Å². The number of rotatable bonds is 3. The minimum Gasteiger partial charge on any atom is -0.387 e. The van der Waals surface area contributed by atoms with Crippen molar-refractivity contribution in [3.8, 4) is 0 Å². The molecule has 1 aromatic heterocycles. The molecule has 22 heavy (non-hydrogen) atoms. The quantitative estimate of drug-likeness (QED) is 0.655. The van der Waals surface area contributed by atoms with Gasteiger partial charge < -0.3 is 15.3 Å². The van der Waals surface area contributed by atoms with Crippen LogP contribution in [0.3, 0.4) is 0 Å². The van der Waals surface area contributed by atoms with Gasteiger partial charge in [-0.25, -0.2) is 14.4 Å². The largest absolute Gasteiger partial charge is 0.387 e. The summed E-state index contributed by atoms with van der Waals surface area (Å²) < 4.78 is 13.4. The van der Waals surface area contributed by atoms with E-state index in [1.54, 1.807) is 6.92 Å². The number of aromatic nitrogens is 1. The number of aliphatic imine (C=N–C) groups is 1. The van der Waals surface area contributed by atoms with Crippen molar-refractivity contribution >= 4 is 29.5 Å². The first-order chi connectivity index (χ1) is 10.6. The number of pyridine rings is 1. The first-order valence-corrected chi connectivity index (χ1v) is 9.00. The third-order valence-corrected chi connectivity index (χ3v) is 4.83. The number of halogens is 1. The highest BCUT2D eigenvalue weighted by atomic mass is 32.2. The lowest BCUT2D eigenvalue weighted by Gasteiger charge is -2.33. The van der Waals surface area contributed by atoms with Gasteiger partial charge in [-0.1, -0.05) is 0 Å². The fourth-order valence-electron chi connectivity index (χ4n) is 2.77. The normalized spacial score (nSPS) is 23.1. The molecule has 1 fully saturated rings. The number of hydrogen-bond donors (Lipinski definition) is 2. The molecule has 0 radical (unpaired) electrons. The van der Waals surface area contributed by atoms with Gasteiger partial charge >= 0.3 is 0 Å². The predicted octanol–water partition coefficient (Wildman–Crippen LogP) is 1.65. The Hall–Kier alpha value is -1.34. The third kappa shape index (κ3) is 3.05. The minimum absolute atomic E-state index is 0.0177. The Morgan fingerprint density at radius 1 is 1.45 bits per heavy atom. The average molecular weight is 325 g/mol. The van der Waals surface area contributed by atoms with Crippen molar-refractivity contribution in [1.82, 2.24) is 4.98 Å². The molecule has 2 N–H and O–H groups in total. The number of fused-ring (bicyclic) bond motifs is 1. The lowest BCUT2D eigenvalue weighted by molar-refractivity contribution is 0.194. The number of piperidine rings is 1. The summed E-state index contributed by atoms with van der Waals surface area (Å²) in [6.45, 7) is 3.00. The van der Waals surface area contributed by atoms with Gasteiger partial charge in [-0.05, 0) is 25.8 Å². The molecule has 1 unspecified atom stereocenters. The fourth-order valence-corrected chi connectivity index (χ4v) is 3.23. The maximum atomic E-state index is 13.4. The standard InChI is InChI=1S/C15H21FN4OS/c1-9(21)12-7-10-8-17-15(22-2)19-13(10)14(18-12)20-5-3-11(16)4-6-20/h7-9,11,15,19,21H,3-6H2,1-2H3/p+1/t9-,15?/m1/s1. The van der Waals surface area contributed by atoms with Crippen molar-refractivity contribution in [2.75, 3.05) is 29.6 Å². The van der Waals surface area contributed by atoms with Gasteiger partial charge in [0, 0.05) is 36.6 Å². The molecule has 2 atom stereocenters. The predicted molar refractivity (Wildman–Crippen MR) is 90.9 cm³/mol. The molecule has 1 saturated heterocycles. The summed E-state index contributed by atoms with van der Waals surface area (Å²) in [4.78, 5) is 11.2. The van der Waals surface area contributed by atoms with Crippen LogP contribution in [-0.2, 0) is 11.8 Å². The molecule has 5 nitrogen and oxygen atoms in total. The molecule has 3 rings (SSSR count). The van der Waals surface area contributed by atoms with Crippen LogP contribution in [0.2, 0.25) is 0 Å². The second-order valence-electron chi connectivity index (χ2n) is 5.73. The number of aliphatic hydroxyl groups is 1. The van der Waals surface area contributed by atoms with Crippen LogP contribution in [0.5, 0.6) is 0 Å². The lowest BCUT2D eigenvalue weighted by atomic mass is 10.1. The van der Waals surface area contributed by atoms with E-state index in [2.05, 4.69) is 20.2 Å². The Bertz CT molecular complexity index is 573. The summed E-state index contributed by atoms with van der Waals surface area (Å²) in [5.41, 5.74) is 2.51. The zero-order chi connectivity index (χ0) is 15.7. The van der Waals surface area contributed by atoms with Gasteiger partial charge in [-0.2, -0.15) is 0 Å². The van der Waals surface area contributed by atoms with Crippen LogP contribution in [0.4, 0.5) is 15.9 Å². The molecule has 0 bridgehead atoms. The second-order valence-corrected chi connectivity index (χ2v) is 6.73. The van der Waals surface area contributed by atoms with Crippen LogP contribution in [0.15, 0.2) is 11.1 Å². The first-order valence-electron chi connectivity index (χ1n) is 7.59. The van der Waals surface area contributed by atoms with E-state index in [0.29, 0.717) is 31.6 Å². The number of anilines is 2. The van der Waals surface area contributed by atoms with E-state index in [0.717, 1.165) is 28.8 Å². The highest BCUT2D eigenvalue weighted by Gasteiger charge is 2.27. The number of nitrogens with zero attached hydrogens (tertiary/aromatic N) is 3. The average Bonchev–Trinajstić information content (AvgIpc) is 2.54. The van der Waals surface area contributed by atoms with Crippen molar-refractivity contribution in [2.24, 2.45) is 4.99 Å². The SMILES string of the molecule is C[SH+]C1N=Cc2cc([C@@H](C)O)nc(N3CCC(F)CC3)c2N1. The molecule has 120 valence electrons. The summed E-state index contributed by atoms with van der Waals surface area (Å²) in [6, 6.07) is 1.87. The van der Waals surface area contributed by atoms with Gasteiger partial charge in [0.15, 0.2) is 5.82 Å². The van der Waals surface area contributed by atoms with E-state index in [-0.39, 0.29) is 5.50 Å². The van der Waals surface area contributed by atoms with Crippen molar-refractivity contribution < 1.29 is 9.50 Å². The summed E-state index contributed by atoms with van der Waals surface area (Å²) in [6.07, 6.45) is 3.58. The molecular weight excluding hydrogens is 303 g/mol. The molecule has 0 saturated carbocycles.